The second-order valence-corrected chi connectivity index (χ2v) is 9.15. The van der Waals surface area contributed by atoms with Gasteiger partial charge in [-0.3, -0.25) is 9.52 Å². The molecule has 0 unspecified atom stereocenters. The molecule has 148 valence electrons. The number of rotatable bonds is 3. The van der Waals surface area contributed by atoms with Crippen molar-refractivity contribution in [3.8, 4) is 11.1 Å². The van der Waals surface area contributed by atoms with E-state index in [2.05, 4.69) is 16.9 Å². The molecular formula is C23H22N2O3S. The van der Waals surface area contributed by atoms with Crippen LogP contribution in [0.1, 0.15) is 27.0 Å². The molecule has 0 bridgehead atoms. The first-order valence-corrected chi connectivity index (χ1v) is 11.2. The summed E-state index contributed by atoms with van der Waals surface area (Å²) in [4.78, 5) is 15.3. The lowest BCUT2D eigenvalue weighted by molar-refractivity contribution is 0.0733. The van der Waals surface area contributed by atoms with Crippen LogP contribution < -0.4 is 4.72 Å². The van der Waals surface area contributed by atoms with E-state index in [0.717, 1.165) is 34.1 Å². The third-order valence-electron chi connectivity index (χ3n) is 5.04. The van der Waals surface area contributed by atoms with Crippen LogP contribution in [0.4, 0.5) is 5.69 Å². The van der Waals surface area contributed by atoms with Gasteiger partial charge < -0.3 is 4.90 Å². The summed E-state index contributed by atoms with van der Waals surface area (Å²) in [7, 11) is -3.50. The molecule has 3 aromatic rings. The van der Waals surface area contributed by atoms with Crippen LogP contribution in [0.15, 0.2) is 66.7 Å². The van der Waals surface area contributed by atoms with Crippen LogP contribution in [0.25, 0.3) is 11.1 Å². The monoisotopic (exact) mass is 406 g/mol. The molecule has 4 rings (SSSR count). The molecule has 0 spiro atoms. The minimum Gasteiger partial charge on any atom is -0.330 e. The first-order valence-electron chi connectivity index (χ1n) is 9.36. The molecular weight excluding hydrogens is 384 g/mol. The number of hydrogen-bond acceptors (Lipinski definition) is 3. The van der Waals surface area contributed by atoms with Crippen LogP contribution in [-0.2, 0) is 23.1 Å². The molecule has 0 aliphatic carbocycles. The lowest BCUT2D eigenvalue weighted by Crippen LogP contribution is -2.30. The van der Waals surface area contributed by atoms with Gasteiger partial charge in [0, 0.05) is 13.1 Å². The van der Waals surface area contributed by atoms with Gasteiger partial charge in [0.25, 0.3) is 5.91 Å². The maximum atomic E-state index is 13.5. The minimum absolute atomic E-state index is 0.202. The fourth-order valence-corrected chi connectivity index (χ4v) is 4.32. The molecule has 0 radical (unpaired) electrons. The summed E-state index contributed by atoms with van der Waals surface area (Å²) in [5, 5.41) is 0. The van der Waals surface area contributed by atoms with Gasteiger partial charge in [-0.1, -0.05) is 60.2 Å². The third kappa shape index (κ3) is 4.03. The summed E-state index contributed by atoms with van der Waals surface area (Å²) in [6.45, 7) is 2.79. The second-order valence-electron chi connectivity index (χ2n) is 7.40. The average molecular weight is 407 g/mol. The van der Waals surface area contributed by atoms with Crippen LogP contribution in [0.3, 0.4) is 0 Å². The Morgan fingerprint density at radius 1 is 0.897 bits per heavy atom. The molecule has 0 atom stereocenters. The first-order chi connectivity index (χ1) is 13.8. The summed E-state index contributed by atoms with van der Waals surface area (Å²) in [5.41, 5.74) is 5.92. The molecule has 1 aliphatic rings. The average Bonchev–Trinajstić information content (AvgIpc) is 2.85. The standard InChI is InChI=1S/C23H22N2O3S/c1-16-11-12-22(24-29(2,27)28)21(13-16)23(26)25-14-17-7-3-5-9-19(17)20-10-6-4-8-18(20)15-25/h3-13,24H,14-15H2,1-2H3. The molecule has 0 aromatic heterocycles. The molecule has 1 amide bonds. The van der Waals surface area contributed by atoms with E-state index >= 15 is 0 Å². The van der Waals surface area contributed by atoms with E-state index in [9.17, 15) is 13.2 Å². The largest absolute Gasteiger partial charge is 0.330 e. The number of amides is 1. The highest BCUT2D eigenvalue weighted by atomic mass is 32.2. The molecule has 0 saturated carbocycles. The first kappa shape index (κ1) is 19.2. The van der Waals surface area contributed by atoms with Crippen LogP contribution in [0.2, 0.25) is 0 Å². The highest BCUT2D eigenvalue weighted by Gasteiger charge is 2.25. The van der Waals surface area contributed by atoms with Crippen LogP contribution in [0, 0.1) is 6.92 Å². The summed E-state index contributed by atoms with van der Waals surface area (Å²) in [6.07, 6.45) is 1.08. The number of anilines is 1. The van der Waals surface area contributed by atoms with Gasteiger partial charge in [-0.25, -0.2) is 8.42 Å². The van der Waals surface area contributed by atoms with Gasteiger partial charge in [0.1, 0.15) is 0 Å². The van der Waals surface area contributed by atoms with Crippen molar-refractivity contribution in [2.75, 3.05) is 11.0 Å². The summed E-state index contributed by atoms with van der Waals surface area (Å²) >= 11 is 0. The molecule has 0 saturated heterocycles. The number of nitrogens with zero attached hydrogens (tertiary/aromatic N) is 1. The Balaban J connectivity index is 1.79. The summed E-state index contributed by atoms with van der Waals surface area (Å²) in [6, 6.07) is 21.3. The van der Waals surface area contributed by atoms with Gasteiger partial charge in [0.05, 0.1) is 17.5 Å². The normalized spacial score (nSPS) is 13.2. The van der Waals surface area contributed by atoms with E-state index in [0.29, 0.717) is 24.3 Å². The van der Waals surface area contributed by atoms with Crippen molar-refractivity contribution in [2.45, 2.75) is 20.0 Å². The molecule has 1 N–H and O–H groups in total. The van der Waals surface area contributed by atoms with Gasteiger partial charge >= 0.3 is 0 Å². The number of hydrogen-bond donors (Lipinski definition) is 1. The zero-order valence-corrected chi connectivity index (χ0v) is 17.2. The number of fused-ring (bicyclic) bond motifs is 3. The second kappa shape index (κ2) is 7.37. The molecule has 0 fully saturated rings. The quantitative estimate of drug-likeness (QED) is 0.709. The third-order valence-corrected chi connectivity index (χ3v) is 5.63. The van der Waals surface area contributed by atoms with Crippen molar-refractivity contribution in [1.82, 2.24) is 4.90 Å². The molecule has 6 heteroatoms. The smallest absolute Gasteiger partial charge is 0.256 e. The number of nitrogens with one attached hydrogen (secondary N) is 1. The summed E-state index contributed by atoms with van der Waals surface area (Å²) in [5.74, 6) is -0.202. The van der Waals surface area contributed by atoms with E-state index in [4.69, 9.17) is 0 Å². The Hall–Kier alpha value is -3.12. The number of benzene rings is 3. The fourth-order valence-electron chi connectivity index (χ4n) is 3.75. The predicted molar refractivity (Wildman–Crippen MR) is 115 cm³/mol. The number of carbonyl (C=O) groups is 1. The molecule has 5 nitrogen and oxygen atoms in total. The van der Waals surface area contributed by atoms with Crippen molar-refractivity contribution in [2.24, 2.45) is 0 Å². The zero-order chi connectivity index (χ0) is 20.6. The lowest BCUT2D eigenvalue weighted by Gasteiger charge is -2.23. The molecule has 1 aliphatic heterocycles. The predicted octanol–water partition coefficient (Wildman–Crippen LogP) is 4.19. The van der Waals surface area contributed by atoms with Crippen LogP contribution in [-0.4, -0.2) is 25.5 Å². The fraction of sp³-hybridized carbons (Fsp3) is 0.174. The minimum atomic E-state index is -3.50. The maximum absolute atomic E-state index is 13.5. The Labute approximate surface area is 171 Å². The Morgan fingerprint density at radius 2 is 1.45 bits per heavy atom. The van der Waals surface area contributed by atoms with Crippen molar-refractivity contribution in [1.29, 1.82) is 0 Å². The van der Waals surface area contributed by atoms with Crippen LogP contribution in [0.5, 0.6) is 0 Å². The van der Waals surface area contributed by atoms with Gasteiger partial charge in [0.2, 0.25) is 10.0 Å². The Bertz CT molecular complexity index is 1150. The number of aryl methyl sites for hydroxylation is 1. The van der Waals surface area contributed by atoms with Crippen molar-refractivity contribution >= 4 is 21.6 Å². The van der Waals surface area contributed by atoms with E-state index in [1.165, 1.54) is 0 Å². The lowest BCUT2D eigenvalue weighted by atomic mass is 9.97. The molecule has 29 heavy (non-hydrogen) atoms. The maximum Gasteiger partial charge on any atom is 0.256 e. The Kier molecular flexibility index (Phi) is 4.88. The van der Waals surface area contributed by atoms with E-state index in [1.54, 1.807) is 23.1 Å². The van der Waals surface area contributed by atoms with Gasteiger partial charge in [-0.2, -0.15) is 0 Å². The van der Waals surface area contributed by atoms with Crippen molar-refractivity contribution in [3.05, 3.63) is 89.0 Å². The Morgan fingerprint density at radius 3 is 2.00 bits per heavy atom. The highest BCUT2D eigenvalue weighted by Crippen LogP contribution is 2.33. The highest BCUT2D eigenvalue weighted by molar-refractivity contribution is 7.92. The van der Waals surface area contributed by atoms with Gasteiger partial charge in [-0.05, 0) is 41.3 Å². The van der Waals surface area contributed by atoms with Crippen LogP contribution >= 0.6 is 0 Å². The molecule has 3 aromatic carbocycles. The van der Waals surface area contributed by atoms with Gasteiger partial charge in [0.15, 0.2) is 0 Å². The van der Waals surface area contributed by atoms with E-state index in [-0.39, 0.29) is 5.91 Å². The van der Waals surface area contributed by atoms with E-state index in [1.807, 2.05) is 43.3 Å². The zero-order valence-electron chi connectivity index (χ0n) is 16.3. The summed E-state index contributed by atoms with van der Waals surface area (Å²) < 4.78 is 26.0. The molecule has 1 heterocycles. The van der Waals surface area contributed by atoms with Gasteiger partial charge in [-0.15, -0.1) is 0 Å². The van der Waals surface area contributed by atoms with Crippen molar-refractivity contribution < 1.29 is 13.2 Å². The topological polar surface area (TPSA) is 66.5 Å². The van der Waals surface area contributed by atoms with E-state index < -0.39 is 10.0 Å². The number of carbonyl (C=O) groups excluding carboxylic acids is 1. The SMILES string of the molecule is Cc1ccc(NS(C)(=O)=O)c(C(=O)N2Cc3ccccc3-c3ccccc3C2)c1. The number of sulfonamides is 1. The van der Waals surface area contributed by atoms with Crippen molar-refractivity contribution in [3.63, 3.8) is 0 Å².